The fourth-order valence-corrected chi connectivity index (χ4v) is 5.65. The van der Waals surface area contributed by atoms with Crippen LogP contribution in [0, 0.1) is 0 Å². The van der Waals surface area contributed by atoms with Crippen molar-refractivity contribution in [1.29, 1.82) is 0 Å². The van der Waals surface area contributed by atoms with Gasteiger partial charge in [0, 0.05) is 24.8 Å². The van der Waals surface area contributed by atoms with Gasteiger partial charge in [-0.3, -0.25) is 0 Å². The van der Waals surface area contributed by atoms with Gasteiger partial charge in [0.2, 0.25) is 0 Å². The Labute approximate surface area is 112 Å². The van der Waals surface area contributed by atoms with Crippen molar-refractivity contribution in [2.24, 2.45) is 0 Å². The molecule has 0 bridgehead atoms. The van der Waals surface area contributed by atoms with Crippen molar-refractivity contribution < 1.29 is 4.52 Å². The van der Waals surface area contributed by atoms with E-state index in [0.29, 0.717) is 0 Å². The number of anilines is 2. The Morgan fingerprint density at radius 2 is 1.39 bits per heavy atom. The van der Waals surface area contributed by atoms with E-state index in [-0.39, 0.29) is 0 Å². The molecule has 4 heteroatoms. The van der Waals surface area contributed by atoms with E-state index in [2.05, 4.69) is 36.2 Å². The monoisotopic (exact) mass is 275 g/mol. The van der Waals surface area contributed by atoms with Crippen LogP contribution < -0.4 is 15.5 Å². The number of para-hydroxylation sites is 2. The largest absolute Gasteiger partial charge is 0.345 e. The molecule has 1 aliphatic rings. The Balaban J connectivity index is 2.38. The second-order valence-corrected chi connectivity index (χ2v) is 8.24. The molecule has 0 fully saturated rings. The Morgan fingerprint density at radius 1 is 0.944 bits per heavy atom. The van der Waals surface area contributed by atoms with Crippen molar-refractivity contribution in [1.82, 2.24) is 0 Å². The van der Waals surface area contributed by atoms with Crippen LogP contribution in [-0.4, -0.2) is 14.2 Å². The smallest absolute Gasteiger partial charge is 0.127 e. The maximum absolute atomic E-state index is 5.88. The van der Waals surface area contributed by atoms with E-state index in [4.69, 9.17) is 16.3 Å². The van der Waals surface area contributed by atoms with E-state index in [1.807, 2.05) is 24.3 Å². The zero-order valence-electron chi connectivity index (χ0n) is 10.3. The molecular weight excluding hydrogens is 261 g/mol. The van der Waals surface area contributed by atoms with E-state index in [1.165, 1.54) is 0 Å². The average Bonchev–Trinajstić information content (AvgIpc) is 2.45. The number of benzene rings is 2. The molecular formula is C14H14NOPS. The normalized spacial score (nSPS) is 16.0. The third-order valence-corrected chi connectivity index (χ3v) is 7.54. The first kappa shape index (κ1) is 11.9. The van der Waals surface area contributed by atoms with Gasteiger partial charge in [-0.2, -0.15) is 0 Å². The summed E-state index contributed by atoms with van der Waals surface area (Å²) in [5, 5.41) is 2.28. The summed E-state index contributed by atoms with van der Waals surface area (Å²) in [6, 6.07) is 16.5. The molecule has 0 atom stereocenters. The van der Waals surface area contributed by atoms with Gasteiger partial charge in [-0.25, -0.2) is 0 Å². The molecule has 18 heavy (non-hydrogen) atoms. The summed E-state index contributed by atoms with van der Waals surface area (Å²) in [4.78, 5) is 2.19. The molecule has 2 aromatic rings. The average molecular weight is 275 g/mol. The van der Waals surface area contributed by atoms with E-state index >= 15 is 0 Å². The highest BCUT2D eigenvalue weighted by molar-refractivity contribution is 8.19. The first-order valence-corrected chi connectivity index (χ1v) is 8.49. The fourth-order valence-electron chi connectivity index (χ4n) is 2.45. The van der Waals surface area contributed by atoms with Crippen molar-refractivity contribution >= 4 is 40.1 Å². The Hall–Kier alpha value is -1.15. The zero-order chi connectivity index (χ0) is 12.8. The molecule has 0 saturated carbocycles. The second kappa shape index (κ2) is 4.20. The van der Waals surface area contributed by atoms with Crippen molar-refractivity contribution in [2.75, 3.05) is 19.1 Å². The van der Waals surface area contributed by atoms with Gasteiger partial charge < -0.3 is 9.42 Å². The van der Waals surface area contributed by atoms with Gasteiger partial charge in [0.15, 0.2) is 0 Å². The van der Waals surface area contributed by atoms with Gasteiger partial charge in [-0.15, -0.1) is 0 Å². The molecule has 0 unspecified atom stereocenters. The zero-order valence-corrected chi connectivity index (χ0v) is 12.0. The van der Waals surface area contributed by atoms with Crippen LogP contribution in [0.5, 0.6) is 0 Å². The van der Waals surface area contributed by atoms with E-state index < -0.39 is 6.26 Å². The quantitative estimate of drug-likeness (QED) is 0.743. The highest BCUT2D eigenvalue weighted by Crippen LogP contribution is 2.52. The maximum atomic E-state index is 5.88. The van der Waals surface area contributed by atoms with E-state index in [9.17, 15) is 0 Å². The molecule has 0 aliphatic carbocycles. The Morgan fingerprint density at radius 3 is 1.83 bits per heavy atom. The number of hydrogen-bond acceptors (Lipinski definition) is 3. The summed E-state index contributed by atoms with van der Waals surface area (Å²) in [6.07, 6.45) is -2.12. The van der Waals surface area contributed by atoms with Crippen molar-refractivity contribution in [3.8, 4) is 0 Å². The molecule has 0 N–H and O–H groups in total. The lowest BCUT2D eigenvalue weighted by Gasteiger charge is -2.36. The SMILES string of the molecule is COP1(=S)c2ccccc2N(C)c2ccccc21. The summed E-state index contributed by atoms with van der Waals surface area (Å²) >= 11 is 5.88. The van der Waals surface area contributed by atoms with Crippen LogP contribution in [-0.2, 0) is 16.3 Å². The highest BCUT2D eigenvalue weighted by atomic mass is 32.4. The second-order valence-electron chi connectivity index (χ2n) is 4.27. The predicted octanol–water partition coefficient (Wildman–Crippen LogP) is 2.76. The standard InChI is InChI=1S/C14H14NOPS/c1-15-11-7-3-5-9-13(11)17(18,16-2)14-10-6-4-8-12(14)15/h3-10H,1-2H3. The summed E-state index contributed by atoms with van der Waals surface area (Å²) < 4.78 is 5.78. The first-order chi connectivity index (χ1) is 8.68. The van der Waals surface area contributed by atoms with Crippen LogP contribution in [0.15, 0.2) is 48.5 Å². The lowest BCUT2D eigenvalue weighted by Crippen LogP contribution is -2.33. The van der Waals surface area contributed by atoms with Gasteiger partial charge in [0.05, 0.1) is 11.4 Å². The van der Waals surface area contributed by atoms with Crippen LogP contribution in [0.1, 0.15) is 0 Å². The molecule has 3 rings (SSSR count). The van der Waals surface area contributed by atoms with Gasteiger partial charge in [0.1, 0.15) is 6.26 Å². The van der Waals surface area contributed by atoms with Crippen molar-refractivity contribution in [2.45, 2.75) is 0 Å². The number of nitrogens with zero attached hydrogens (tertiary/aromatic N) is 1. The molecule has 0 amide bonds. The van der Waals surface area contributed by atoms with Crippen LogP contribution in [0.4, 0.5) is 11.4 Å². The fraction of sp³-hybridized carbons (Fsp3) is 0.143. The highest BCUT2D eigenvalue weighted by Gasteiger charge is 2.33. The Kier molecular flexibility index (Phi) is 2.78. The molecule has 2 aromatic carbocycles. The minimum Gasteiger partial charge on any atom is -0.345 e. The number of hydrogen-bond donors (Lipinski definition) is 0. The maximum Gasteiger partial charge on any atom is 0.127 e. The lowest BCUT2D eigenvalue weighted by atomic mass is 10.2. The molecule has 0 saturated heterocycles. The van der Waals surface area contributed by atoms with Crippen LogP contribution in [0.2, 0.25) is 0 Å². The number of fused-ring (bicyclic) bond motifs is 2. The molecule has 92 valence electrons. The summed E-state index contributed by atoms with van der Waals surface area (Å²) in [6.45, 7) is 0. The van der Waals surface area contributed by atoms with Gasteiger partial charge in [-0.05, 0) is 24.3 Å². The topological polar surface area (TPSA) is 12.5 Å². The minimum atomic E-state index is -2.12. The summed E-state index contributed by atoms with van der Waals surface area (Å²) in [7, 11) is 3.80. The van der Waals surface area contributed by atoms with E-state index in [0.717, 1.165) is 22.0 Å². The first-order valence-electron chi connectivity index (χ1n) is 5.77. The van der Waals surface area contributed by atoms with Crippen LogP contribution in [0.3, 0.4) is 0 Å². The van der Waals surface area contributed by atoms with E-state index in [1.54, 1.807) is 7.11 Å². The molecule has 2 nitrogen and oxygen atoms in total. The Bertz CT molecular complexity index is 604. The van der Waals surface area contributed by atoms with Gasteiger partial charge in [0.25, 0.3) is 0 Å². The predicted molar refractivity (Wildman–Crippen MR) is 81.5 cm³/mol. The van der Waals surface area contributed by atoms with Crippen molar-refractivity contribution in [3.63, 3.8) is 0 Å². The third-order valence-electron chi connectivity index (χ3n) is 3.38. The lowest BCUT2D eigenvalue weighted by molar-refractivity contribution is 0.472. The minimum absolute atomic E-state index is 1.14. The van der Waals surface area contributed by atoms with Gasteiger partial charge >= 0.3 is 0 Å². The van der Waals surface area contributed by atoms with Gasteiger partial charge in [-0.1, -0.05) is 36.1 Å². The number of rotatable bonds is 1. The molecule has 1 heterocycles. The molecule has 0 spiro atoms. The van der Waals surface area contributed by atoms with Crippen molar-refractivity contribution in [3.05, 3.63) is 48.5 Å². The summed E-state index contributed by atoms with van der Waals surface area (Å²) in [5.41, 5.74) is 2.31. The molecule has 1 aliphatic heterocycles. The molecule has 0 aromatic heterocycles. The van der Waals surface area contributed by atoms with Crippen LogP contribution >= 0.6 is 6.26 Å². The third kappa shape index (κ3) is 1.48. The summed E-state index contributed by atoms with van der Waals surface area (Å²) in [5.74, 6) is 0. The molecule has 0 radical (unpaired) electrons. The van der Waals surface area contributed by atoms with Crippen LogP contribution in [0.25, 0.3) is 0 Å².